The van der Waals surface area contributed by atoms with Crippen molar-refractivity contribution in [3.63, 3.8) is 0 Å². The topological polar surface area (TPSA) is 85.3 Å². The fourth-order valence-electron chi connectivity index (χ4n) is 2.27. The highest BCUT2D eigenvalue weighted by molar-refractivity contribution is 5.79. The number of carbonyl (C=O) groups is 1. The lowest BCUT2D eigenvalue weighted by atomic mass is 10.1. The lowest BCUT2D eigenvalue weighted by Crippen LogP contribution is -2.43. The second-order valence-electron chi connectivity index (χ2n) is 4.08. The van der Waals surface area contributed by atoms with Crippen LogP contribution < -0.4 is 5.73 Å². The first kappa shape index (κ1) is 11.1. The average molecular weight is 224 g/mol. The van der Waals surface area contributed by atoms with Gasteiger partial charge in [-0.15, -0.1) is 10.2 Å². The minimum Gasteiger partial charge on any atom is -0.428 e. The zero-order chi connectivity index (χ0) is 11.5. The van der Waals surface area contributed by atoms with E-state index in [1.165, 1.54) is 6.39 Å². The van der Waals surface area contributed by atoms with Gasteiger partial charge in [0.15, 0.2) is 0 Å². The fraction of sp³-hybridized carbons (Fsp3) is 0.700. The van der Waals surface area contributed by atoms with Gasteiger partial charge in [-0.3, -0.25) is 9.69 Å². The van der Waals surface area contributed by atoms with Crippen molar-refractivity contribution < 1.29 is 9.21 Å². The average Bonchev–Trinajstić information content (AvgIpc) is 2.86. The van der Waals surface area contributed by atoms with Crippen molar-refractivity contribution in [3.05, 3.63) is 12.3 Å². The fourth-order valence-corrected chi connectivity index (χ4v) is 2.27. The molecule has 1 amide bonds. The summed E-state index contributed by atoms with van der Waals surface area (Å²) in [5.74, 6) is 0.631. The smallest absolute Gasteiger partial charge is 0.234 e. The quantitative estimate of drug-likeness (QED) is 0.785. The third-order valence-corrected chi connectivity index (χ3v) is 3.10. The molecule has 0 spiro atoms. The number of carbonyl (C=O) groups excluding carboxylic acids is 1. The summed E-state index contributed by atoms with van der Waals surface area (Å²) in [6.45, 7) is 3.59. The minimum absolute atomic E-state index is 0.173. The molecule has 0 radical (unpaired) electrons. The van der Waals surface area contributed by atoms with Crippen molar-refractivity contribution in [3.8, 4) is 0 Å². The van der Waals surface area contributed by atoms with Gasteiger partial charge in [0.25, 0.3) is 0 Å². The molecule has 1 aliphatic heterocycles. The number of nitrogens with zero attached hydrogens (tertiary/aromatic N) is 3. The Morgan fingerprint density at radius 1 is 1.81 bits per heavy atom. The van der Waals surface area contributed by atoms with E-state index in [9.17, 15) is 4.79 Å². The van der Waals surface area contributed by atoms with Gasteiger partial charge in [0, 0.05) is 6.54 Å². The largest absolute Gasteiger partial charge is 0.428 e. The number of hydrogen-bond acceptors (Lipinski definition) is 5. The van der Waals surface area contributed by atoms with Crippen LogP contribution in [0, 0.1) is 0 Å². The van der Waals surface area contributed by atoms with Gasteiger partial charge in [-0.05, 0) is 19.4 Å². The Bertz CT molecular complexity index is 352. The highest BCUT2D eigenvalue weighted by Crippen LogP contribution is 2.27. The summed E-state index contributed by atoms with van der Waals surface area (Å²) in [5.41, 5.74) is 5.36. The molecule has 0 aromatic carbocycles. The number of rotatable bonds is 4. The summed E-state index contributed by atoms with van der Waals surface area (Å²) in [6.07, 6.45) is 3.02. The van der Waals surface area contributed by atoms with Crippen molar-refractivity contribution >= 4 is 5.91 Å². The van der Waals surface area contributed by atoms with Crippen LogP contribution in [0.4, 0.5) is 0 Å². The summed E-state index contributed by atoms with van der Waals surface area (Å²) in [6, 6.07) is -0.173. The number of likely N-dealkylation sites (tertiary alicyclic amines) is 1. The molecule has 2 N–H and O–H groups in total. The third kappa shape index (κ3) is 2.06. The van der Waals surface area contributed by atoms with Crippen molar-refractivity contribution in [1.29, 1.82) is 0 Å². The molecule has 1 aliphatic rings. The molecule has 2 heterocycles. The molecule has 2 rings (SSSR count). The first-order chi connectivity index (χ1) is 7.72. The van der Waals surface area contributed by atoms with E-state index in [1.807, 2.05) is 6.92 Å². The van der Waals surface area contributed by atoms with Crippen molar-refractivity contribution in [2.24, 2.45) is 5.73 Å². The molecule has 6 heteroatoms. The highest BCUT2D eigenvalue weighted by Gasteiger charge is 2.33. The van der Waals surface area contributed by atoms with Crippen LogP contribution in [0.2, 0.25) is 0 Å². The van der Waals surface area contributed by atoms with Gasteiger partial charge in [-0.25, -0.2) is 0 Å². The van der Waals surface area contributed by atoms with E-state index < -0.39 is 0 Å². The summed E-state index contributed by atoms with van der Waals surface area (Å²) in [4.78, 5) is 13.3. The van der Waals surface area contributed by atoms with E-state index >= 15 is 0 Å². The van der Waals surface area contributed by atoms with E-state index in [0.29, 0.717) is 5.89 Å². The van der Waals surface area contributed by atoms with Crippen LogP contribution in [0.3, 0.4) is 0 Å². The number of nitrogens with two attached hydrogens (primary N) is 1. The Balaban J connectivity index is 2.00. The lowest BCUT2D eigenvalue weighted by molar-refractivity contribution is -0.123. The van der Waals surface area contributed by atoms with Crippen LogP contribution >= 0.6 is 0 Å². The molecule has 1 fully saturated rings. The monoisotopic (exact) mass is 224 g/mol. The maximum absolute atomic E-state index is 11.2. The summed E-state index contributed by atoms with van der Waals surface area (Å²) in [5, 5.41) is 7.57. The molecule has 2 unspecified atom stereocenters. The Labute approximate surface area is 93.8 Å². The molecule has 1 saturated heterocycles. The molecule has 16 heavy (non-hydrogen) atoms. The summed E-state index contributed by atoms with van der Waals surface area (Å²) in [7, 11) is 0. The molecule has 0 bridgehead atoms. The highest BCUT2D eigenvalue weighted by atomic mass is 16.4. The minimum atomic E-state index is -0.256. The van der Waals surface area contributed by atoms with Crippen LogP contribution in [0.15, 0.2) is 10.8 Å². The molecular formula is C10H16N4O2. The van der Waals surface area contributed by atoms with Crippen LogP contribution in [-0.4, -0.2) is 40.1 Å². The second kappa shape index (κ2) is 4.61. The Morgan fingerprint density at radius 2 is 2.62 bits per heavy atom. The van der Waals surface area contributed by atoms with Crippen LogP contribution in [0.5, 0.6) is 0 Å². The molecule has 1 aromatic heterocycles. The molecule has 6 nitrogen and oxygen atoms in total. The first-order valence-corrected chi connectivity index (χ1v) is 5.51. The molecule has 88 valence electrons. The normalized spacial score (nSPS) is 23.4. The Kier molecular flexibility index (Phi) is 3.19. The Hall–Kier alpha value is -1.43. The van der Waals surface area contributed by atoms with Crippen molar-refractivity contribution in [1.82, 2.24) is 15.1 Å². The van der Waals surface area contributed by atoms with Gasteiger partial charge in [0.2, 0.25) is 18.2 Å². The van der Waals surface area contributed by atoms with Gasteiger partial charge < -0.3 is 10.2 Å². The Morgan fingerprint density at radius 3 is 3.19 bits per heavy atom. The van der Waals surface area contributed by atoms with Gasteiger partial charge in [-0.1, -0.05) is 6.92 Å². The van der Waals surface area contributed by atoms with Crippen molar-refractivity contribution in [2.45, 2.75) is 31.7 Å². The summed E-state index contributed by atoms with van der Waals surface area (Å²) >= 11 is 0. The van der Waals surface area contributed by atoms with Gasteiger partial charge >= 0.3 is 0 Å². The second-order valence-corrected chi connectivity index (χ2v) is 4.08. The van der Waals surface area contributed by atoms with E-state index in [0.717, 1.165) is 25.9 Å². The lowest BCUT2D eigenvalue weighted by Gasteiger charge is -2.23. The predicted molar refractivity (Wildman–Crippen MR) is 56.5 cm³/mol. The van der Waals surface area contributed by atoms with Crippen molar-refractivity contribution in [2.75, 3.05) is 13.1 Å². The van der Waals surface area contributed by atoms with Gasteiger partial charge in [0.1, 0.15) is 0 Å². The van der Waals surface area contributed by atoms with E-state index in [4.69, 9.17) is 10.2 Å². The standard InChI is InChI=1S/C10H16N4O2/c1-2-8(9(11)15)14-4-3-7(5-14)10-13-12-6-16-10/h6-8H,2-5H2,1H3,(H2,11,15). The van der Waals surface area contributed by atoms with Gasteiger partial charge in [0.05, 0.1) is 12.0 Å². The molecule has 2 atom stereocenters. The molecule has 0 saturated carbocycles. The van der Waals surface area contributed by atoms with Crippen LogP contribution in [0.25, 0.3) is 0 Å². The number of aromatic nitrogens is 2. The first-order valence-electron chi connectivity index (χ1n) is 5.51. The van der Waals surface area contributed by atoms with E-state index in [-0.39, 0.29) is 17.9 Å². The number of hydrogen-bond donors (Lipinski definition) is 1. The van der Waals surface area contributed by atoms with Crippen LogP contribution in [-0.2, 0) is 4.79 Å². The SMILES string of the molecule is CCC(C(N)=O)N1CCC(c2nnco2)C1. The summed E-state index contributed by atoms with van der Waals surface area (Å²) < 4.78 is 5.17. The maximum atomic E-state index is 11.2. The zero-order valence-corrected chi connectivity index (χ0v) is 9.30. The predicted octanol–water partition coefficient (Wildman–Crippen LogP) is 0.123. The molecule has 1 aromatic rings. The maximum Gasteiger partial charge on any atom is 0.234 e. The third-order valence-electron chi connectivity index (χ3n) is 3.10. The number of amides is 1. The van der Waals surface area contributed by atoms with Crippen LogP contribution in [0.1, 0.15) is 31.6 Å². The van der Waals surface area contributed by atoms with E-state index in [1.54, 1.807) is 0 Å². The number of primary amides is 1. The molecular weight excluding hydrogens is 208 g/mol. The van der Waals surface area contributed by atoms with Gasteiger partial charge in [-0.2, -0.15) is 0 Å². The zero-order valence-electron chi connectivity index (χ0n) is 9.30. The molecule has 0 aliphatic carbocycles. The van der Waals surface area contributed by atoms with E-state index in [2.05, 4.69) is 15.1 Å².